The molecular formula is C12H15FN2. The van der Waals surface area contributed by atoms with Crippen molar-refractivity contribution in [2.24, 2.45) is 0 Å². The number of nitrogens with two attached hydrogens (primary N) is 1. The van der Waals surface area contributed by atoms with E-state index in [9.17, 15) is 4.39 Å². The van der Waals surface area contributed by atoms with Gasteiger partial charge in [0.2, 0.25) is 0 Å². The van der Waals surface area contributed by atoms with Gasteiger partial charge < -0.3 is 10.6 Å². The molecule has 1 aromatic carbocycles. The van der Waals surface area contributed by atoms with Crippen LogP contribution in [0.3, 0.4) is 0 Å². The van der Waals surface area contributed by atoms with Crippen LogP contribution in [0.5, 0.6) is 0 Å². The zero-order valence-corrected chi connectivity index (χ0v) is 8.83. The number of hydrogen-bond donors (Lipinski definition) is 1. The van der Waals surface area contributed by atoms with Crippen molar-refractivity contribution in [3.05, 3.63) is 35.7 Å². The molecule has 3 heteroatoms. The van der Waals surface area contributed by atoms with Gasteiger partial charge in [0.15, 0.2) is 0 Å². The lowest BCUT2D eigenvalue weighted by molar-refractivity contribution is 0.370. The Hall–Kier alpha value is -1.35. The van der Waals surface area contributed by atoms with Crippen LogP contribution < -0.4 is 5.73 Å². The van der Waals surface area contributed by atoms with Gasteiger partial charge >= 0.3 is 0 Å². The zero-order valence-electron chi connectivity index (χ0n) is 8.83. The number of benzene rings is 1. The molecule has 0 aliphatic carbocycles. The first kappa shape index (κ1) is 10.2. The third-order valence-electron chi connectivity index (χ3n) is 2.78. The molecule has 0 radical (unpaired) electrons. The van der Waals surface area contributed by atoms with E-state index in [4.69, 9.17) is 5.73 Å². The van der Waals surface area contributed by atoms with Crippen molar-refractivity contribution in [1.29, 1.82) is 0 Å². The van der Waals surface area contributed by atoms with Gasteiger partial charge in [-0.25, -0.2) is 4.39 Å². The van der Waals surface area contributed by atoms with E-state index in [0.717, 1.165) is 25.1 Å². The largest absolute Gasteiger partial charge is 0.396 e. The number of likely N-dealkylation sites (N-methyl/N-ethyl adjacent to an activating group) is 1. The zero-order chi connectivity index (χ0) is 10.8. The highest BCUT2D eigenvalue weighted by Gasteiger charge is 2.10. The molecular weight excluding hydrogens is 191 g/mol. The van der Waals surface area contributed by atoms with Crippen molar-refractivity contribution >= 4 is 11.3 Å². The molecule has 2 N–H and O–H groups in total. The minimum Gasteiger partial charge on any atom is -0.396 e. The van der Waals surface area contributed by atoms with Crippen molar-refractivity contribution in [1.82, 2.24) is 4.90 Å². The summed E-state index contributed by atoms with van der Waals surface area (Å²) >= 11 is 0. The Morgan fingerprint density at radius 2 is 2.20 bits per heavy atom. The lowest BCUT2D eigenvalue weighted by Crippen LogP contribution is -2.23. The van der Waals surface area contributed by atoms with Crippen molar-refractivity contribution in [3.63, 3.8) is 0 Å². The predicted octanol–water partition coefficient (Wildman–Crippen LogP) is 2.13. The van der Waals surface area contributed by atoms with E-state index >= 15 is 0 Å². The Morgan fingerprint density at radius 3 is 2.80 bits per heavy atom. The molecule has 1 aliphatic rings. The maximum absolute atomic E-state index is 13.2. The summed E-state index contributed by atoms with van der Waals surface area (Å²) in [6.45, 7) is 1.96. The Balaban J connectivity index is 2.26. The van der Waals surface area contributed by atoms with Crippen LogP contribution in [0.4, 0.5) is 10.1 Å². The summed E-state index contributed by atoms with van der Waals surface area (Å²) in [4.78, 5) is 2.23. The molecule has 0 fully saturated rings. The molecule has 0 aromatic heterocycles. The van der Waals surface area contributed by atoms with Gasteiger partial charge in [0, 0.05) is 13.1 Å². The number of rotatable bonds is 1. The van der Waals surface area contributed by atoms with Crippen LogP contribution in [0.15, 0.2) is 24.3 Å². The smallest absolute Gasteiger partial charge is 0.146 e. The fourth-order valence-corrected chi connectivity index (χ4v) is 1.76. The second kappa shape index (κ2) is 4.03. The van der Waals surface area contributed by atoms with Crippen LogP contribution in [0.25, 0.3) is 5.57 Å². The molecule has 1 aromatic rings. The van der Waals surface area contributed by atoms with Gasteiger partial charge in [-0.3, -0.25) is 0 Å². The molecule has 2 rings (SSSR count). The Morgan fingerprint density at radius 1 is 1.40 bits per heavy atom. The Bertz CT molecular complexity index is 399. The van der Waals surface area contributed by atoms with Gasteiger partial charge in [0.05, 0.1) is 5.69 Å². The van der Waals surface area contributed by atoms with E-state index in [0.29, 0.717) is 0 Å². The first-order valence-corrected chi connectivity index (χ1v) is 5.10. The third kappa shape index (κ3) is 2.18. The van der Waals surface area contributed by atoms with Gasteiger partial charge in [-0.15, -0.1) is 0 Å². The lowest BCUT2D eigenvalue weighted by Gasteiger charge is -2.22. The Kier molecular flexibility index (Phi) is 2.73. The molecule has 0 saturated heterocycles. The fraction of sp³-hybridized carbons (Fsp3) is 0.333. The van der Waals surface area contributed by atoms with E-state index in [1.54, 1.807) is 6.07 Å². The van der Waals surface area contributed by atoms with Crippen LogP contribution in [0, 0.1) is 5.82 Å². The molecule has 15 heavy (non-hydrogen) atoms. The normalized spacial score (nSPS) is 17.6. The molecule has 0 amide bonds. The molecule has 1 heterocycles. The minimum absolute atomic E-state index is 0.215. The molecule has 1 aliphatic heterocycles. The highest BCUT2D eigenvalue weighted by molar-refractivity contribution is 5.68. The number of nitrogen functional groups attached to an aromatic ring is 1. The predicted molar refractivity (Wildman–Crippen MR) is 60.9 cm³/mol. The van der Waals surface area contributed by atoms with Crippen LogP contribution in [0.2, 0.25) is 0 Å². The van der Waals surface area contributed by atoms with Gasteiger partial charge in [0.25, 0.3) is 0 Å². The summed E-state index contributed by atoms with van der Waals surface area (Å²) in [5.74, 6) is -0.327. The monoisotopic (exact) mass is 206 g/mol. The number of anilines is 1. The molecule has 0 unspecified atom stereocenters. The van der Waals surface area contributed by atoms with Crippen molar-refractivity contribution in [3.8, 4) is 0 Å². The summed E-state index contributed by atoms with van der Waals surface area (Å²) < 4.78 is 13.2. The van der Waals surface area contributed by atoms with Crippen LogP contribution in [-0.4, -0.2) is 25.0 Å². The van der Waals surface area contributed by atoms with Gasteiger partial charge in [-0.2, -0.15) is 0 Å². The van der Waals surface area contributed by atoms with E-state index in [-0.39, 0.29) is 11.5 Å². The number of hydrogen-bond acceptors (Lipinski definition) is 2. The number of nitrogens with zero attached hydrogens (tertiary/aromatic N) is 1. The standard InChI is InChI=1S/C12H15FN2/c1-15-6-4-9(5-7-15)10-2-3-12(14)11(13)8-10/h2-4,8H,5-7,14H2,1H3. The van der Waals surface area contributed by atoms with Crippen molar-refractivity contribution in [2.75, 3.05) is 25.9 Å². The summed E-state index contributed by atoms with van der Waals surface area (Å²) in [5, 5.41) is 0. The van der Waals surface area contributed by atoms with Gasteiger partial charge in [0.1, 0.15) is 5.82 Å². The molecule has 2 nitrogen and oxygen atoms in total. The van der Waals surface area contributed by atoms with Crippen molar-refractivity contribution < 1.29 is 4.39 Å². The first-order valence-electron chi connectivity index (χ1n) is 5.10. The topological polar surface area (TPSA) is 29.3 Å². The number of halogens is 1. The summed E-state index contributed by atoms with van der Waals surface area (Å²) in [5.41, 5.74) is 7.82. The Labute approximate surface area is 89.2 Å². The van der Waals surface area contributed by atoms with Crippen LogP contribution in [0.1, 0.15) is 12.0 Å². The fourth-order valence-electron chi connectivity index (χ4n) is 1.76. The third-order valence-corrected chi connectivity index (χ3v) is 2.78. The highest BCUT2D eigenvalue weighted by Crippen LogP contribution is 2.24. The SMILES string of the molecule is CN1CC=C(c2ccc(N)c(F)c2)CC1. The average molecular weight is 206 g/mol. The van der Waals surface area contributed by atoms with E-state index in [1.807, 2.05) is 6.07 Å². The molecule has 80 valence electrons. The van der Waals surface area contributed by atoms with Crippen LogP contribution in [-0.2, 0) is 0 Å². The molecule has 0 bridgehead atoms. The minimum atomic E-state index is -0.327. The second-order valence-electron chi connectivity index (χ2n) is 3.98. The quantitative estimate of drug-likeness (QED) is 0.713. The lowest BCUT2D eigenvalue weighted by atomic mass is 9.99. The summed E-state index contributed by atoms with van der Waals surface area (Å²) in [6.07, 6.45) is 3.12. The summed E-state index contributed by atoms with van der Waals surface area (Å²) in [6, 6.07) is 5.03. The molecule has 0 atom stereocenters. The second-order valence-corrected chi connectivity index (χ2v) is 3.98. The average Bonchev–Trinajstić information content (AvgIpc) is 2.23. The van der Waals surface area contributed by atoms with Crippen molar-refractivity contribution in [2.45, 2.75) is 6.42 Å². The van der Waals surface area contributed by atoms with Crippen LogP contribution >= 0.6 is 0 Å². The van der Waals surface area contributed by atoms with E-state index in [2.05, 4.69) is 18.0 Å². The molecule has 0 saturated carbocycles. The summed E-state index contributed by atoms with van der Waals surface area (Å²) in [7, 11) is 2.08. The first-order chi connectivity index (χ1) is 7.16. The molecule has 0 spiro atoms. The highest BCUT2D eigenvalue weighted by atomic mass is 19.1. The van der Waals surface area contributed by atoms with Gasteiger partial charge in [-0.1, -0.05) is 12.1 Å². The van der Waals surface area contributed by atoms with E-state index in [1.165, 1.54) is 11.6 Å². The maximum atomic E-state index is 13.2. The van der Waals surface area contributed by atoms with E-state index < -0.39 is 0 Å². The van der Waals surface area contributed by atoms with Gasteiger partial charge in [-0.05, 0) is 36.7 Å². The maximum Gasteiger partial charge on any atom is 0.146 e.